The van der Waals surface area contributed by atoms with Crippen molar-refractivity contribution in [3.05, 3.63) is 59.6 Å². The molecule has 1 amide bonds. The fourth-order valence-corrected chi connectivity index (χ4v) is 3.10. The summed E-state index contributed by atoms with van der Waals surface area (Å²) in [7, 11) is -3.68. The largest absolute Gasteiger partial charge is 0.456 e. The van der Waals surface area contributed by atoms with Crippen molar-refractivity contribution >= 4 is 39.2 Å². The topological polar surface area (TPSA) is 102 Å². The lowest BCUT2D eigenvalue weighted by atomic mass is 10.3. The summed E-state index contributed by atoms with van der Waals surface area (Å²) in [6.07, 6.45) is -0.194. The first-order valence-electron chi connectivity index (χ1n) is 7.62. The molecule has 26 heavy (non-hydrogen) atoms. The standard InChI is InChI=1S/C17H17ClN2O5S/c18-13-6-8-14(9-7-13)20-16(21)12-25-17(22)10-11-19-26(23,24)15-4-2-1-3-5-15/h1-9,19H,10-12H2,(H,20,21). The zero-order valence-electron chi connectivity index (χ0n) is 13.6. The van der Waals surface area contributed by atoms with Gasteiger partial charge in [-0.3, -0.25) is 9.59 Å². The smallest absolute Gasteiger partial charge is 0.307 e. The molecule has 0 unspecified atom stereocenters. The summed E-state index contributed by atoms with van der Waals surface area (Å²) in [5.41, 5.74) is 0.520. The van der Waals surface area contributed by atoms with Crippen molar-refractivity contribution in [2.45, 2.75) is 11.3 Å². The van der Waals surface area contributed by atoms with Gasteiger partial charge in [0, 0.05) is 17.3 Å². The van der Waals surface area contributed by atoms with Gasteiger partial charge in [0.25, 0.3) is 5.91 Å². The number of rotatable bonds is 8. The highest BCUT2D eigenvalue weighted by Gasteiger charge is 2.14. The van der Waals surface area contributed by atoms with E-state index in [1.807, 2.05) is 0 Å². The first kappa shape index (κ1) is 19.9. The number of benzene rings is 2. The molecule has 0 aliphatic heterocycles. The molecule has 0 saturated heterocycles. The van der Waals surface area contributed by atoms with Gasteiger partial charge in [0.05, 0.1) is 11.3 Å². The van der Waals surface area contributed by atoms with Gasteiger partial charge < -0.3 is 10.1 Å². The van der Waals surface area contributed by atoms with Gasteiger partial charge in [0.15, 0.2) is 6.61 Å². The number of halogens is 1. The Morgan fingerprint density at radius 3 is 2.31 bits per heavy atom. The molecule has 2 aromatic rings. The Kier molecular flexibility index (Phi) is 7.14. The maximum absolute atomic E-state index is 12.0. The molecule has 0 spiro atoms. The number of ether oxygens (including phenoxy) is 1. The normalized spacial score (nSPS) is 11.0. The van der Waals surface area contributed by atoms with Gasteiger partial charge in [-0.1, -0.05) is 29.8 Å². The lowest BCUT2D eigenvalue weighted by Crippen LogP contribution is -2.27. The van der Waals surface area contributed by atoms with E-state index < -0.39 is 28.5 Å². The zero-order chi connectivity index (χ0) is 19.0. The molecule has 0 bridgehead atoms. The number of sulfonamides is 1. The van der Waals surface area contributed by atoms with Crippen LogP contribution in [0.4, 0.5) is 5.69 Å². The minimum absolute atomic E-state index is 0.107. The molecule has 2 rings (SSSR count). The fraction of sp³-hybridized carbons (Fsp3) is 0.176. The van der Waals surface area contributed by atoms with E-state index in [9.17, 15) is 18.0 Å². The van der Waals surface area contributed by atoms with Crippen molar-refractivity contribution in [2.24, 2.45) is 0 Å². The molecular formula is C17H17ClN2O5S. The third-order valence-corrected chi connectivity index (χ3v) is 4.90. The van der Waals surface area contributed by atoms with E-state index in [1.165, 1.54) is 12.1 Å². The molecule has 7 nitrogen and oxygen atoms in total. The van der Waals surface area contributed by atoms with Crippen LogP contribution in [-0.4, -0.2) is 33.4 Å². The third kappa shape index (κ3) is 6.47. The van der Waals surface area contributed by atoms with E-state index in [0.717, 1.165) is 0 Å². The van der Waals surface area contributed by atoms with Crippen LogP contribution in [0.25, 0.3) is 0 Å². The average Bonchev–Trinajstić information content (AvgIpc) is 2.62. The molecule has 0 saturated carbocycles. The van der Waals surface area contributed by atoms with Gasteiger partial charge in [0.2, 0.25) is 10.0 Å². The SMILES string of the molecule is O=C(COC(=O)CCNS(=O)(=O)c1ccccc1)Nc1ccc(Cl)cc1. The van der Waals surface area contributed by atoms with Crippen molar-refractivity contribution < 1.29 is 22.7 Å². The Balaban J connectivity index is 1.70. The minimum Gasteiger partial charge on any atom is -0.456 e. The highest BCUT2D eigenvalue weighted by Crippen LogP contribution is 2.13. The number of nitrogens with one attached hydrogen (secondary N) is 2. The molecule has 0 aliphatic carbocycles. The number of anilines is 1. The predicted octanol–water partition coefficient (Wildman–Crippen LogP) is 2.19. The van der Waals surface area contributed by atoms with Crippen LogP contribution in [0.2, 0.25) is 5.02 Å². The van der Waals surface area contributed by atoms with Crippen LogP contribution < -0.4 is 10.0 Å². The minimum atomic E-state index is -3.68. The van der Waals surface area contributed by atoms with Crippen molar-refractivity contribution in [2.75, 3.05) is 18.5 Å². The Hall–Kier alpha value is -2.42. The van der Waals surface area contributed by atoms with Gasteiger partial charge >= 0.3 is 5.97 Å². The molecule has 9 heteroatoms. The van der Waals surface area contributed by atoms with Crippen LogP contribution in [0, 0.1) is 0 Å². The summed E-state index contributed by atoms with van der Waals surface area (Å²) >= 11 is 5.74. The summed E-state index contributed by atoms with van der Waals surface area (Å²) in [5.74, 6) is -1.20. The second kappa shape index (κ2) is 9.33. The van der Waals surface area contributed by atoms with Gasteiger partial charge in [-0.15, -0.1) is 0 Å². The Labute approximate surface area is 156 Å². The molecule has 0 fully saturated rings. The van der Waals surface area contributed by atoms with E-state index in [-0.39, 0.29) is 17.9 Å². The predicted molar refractivity (Wildman–Crippen MR) is 97.3 cm³/mol. The number of carbonyl (C=O) groups excluding carboxylic acids is 2. The number of hydrogen-bond donors (Lipinski definition) is 2. The van der Waals surface area contributed by atoms with Crippen molar-refractivity contribution in [1.29, 1.82) is 0 Å². The maximum Gasteiger partial charge on any atom is 0.307 e. The second-order valence-electron chi connectivity index (χ2n) is 5.18. The van der Waals surface area contributed by atoms with Crippen molar-refractivity contribution in [3.8, 4) is 0 Å². The van der Waals surface area contributed by atoms with E-state index in [2.05, 4.69) is 10.0 Å². The number of amides is 1. The monoisotopic (exact) mass is 396 g/mol. The molecule has 138 valence electrons. The highest BCUT2D eigenvalue weighted by molar-refractivity contribution is 7.89. The van der Waals surface area contributed by atoms with Crippen LogP contribution in [0.15, 0.2) is 59.5 Å². The van der Waals surface area contributed by atoms with Crippen LogP contribution in [-0.2, 0) is 24.3 Å². The van der Waals surface area contributed by atoms with E-state index in [1.54, 1.807) is 42.5 Å². The van der Waals surface area contributed by atoms with Crippen LogP contribution in [0.5, 0.6) is 0 Å². The van der Waals surface area contributed by atoms with E-state index >= 15 is 0 Å². The number of carbonyl (C=O) groups is 2. The quantitative estimate of drug-likeness (QED) is 0.666. The van der Waals surface area contributed by atoms with E-state index in [0.29, 0.717) is 10.7 Å². The summed E-state index contributed by atoms with van der Waals surface area (Å²) in [6, 6.07) is 14.2. The molecule has 0 aromatic heterocycles. The van der Waals surface area contributed by atoms with Gasteiger partial charge in [-0.2, -0.15) is 0 Å². The van der Waals surface area contributed by atoms with Gasteiger partial charge in [0.1, 0.15) is 0 Å². The molecule has 2 aromatic carbocycles. The van der Waals surface area contributed by atoms with Crippen LogP contribution in [0.3, 0.4) is 0 Å². The lowest BCUT2D eigenvalue weighted by Gasteiger charge is -2.08. The molecule has 0 aliphatic rings. The molecule has 2 N–H and O–H groups in total. The van der Waals surface area contributed by atoms with Gasteiger partial charge in [-0.25, -0.2) is 13.1 Å². The van der Waals surface area contributed by atoms with E-state index in [4.69, 9.17) is 16.3 Å². The van der Waals surface area contributed by atoms with Crippen LogP contribution in [0.1, 0.15) is 6.42 Å². The Bertz CT molecular complexity index is 854. The lowest BCUT2D eigenvalue weighted by molar-refractivity contribution is -0.147. The first-order chi connectivity index (χ1) is 12.4. The van der Waals surface area contributed by atoms with Crippen LogP contribution >= 0.6 is 11.6 Å². The average molecular weight is 397 g/mol. The number of hydrogen-bond acceptors (Lipinski definition) is 5. The first-order valence-corrected chi connectivity index (χ1v) is 9.49. The third-order valence-electron chi connectivity index (χ3n) is 3.17. The summed E-state index contributed by atoms with van der Waals surface area (Å²) in [6.45, 7) is -0.595. The second-order valence-corrected chi connectivity index (χ2v) is 7.38. The van der Waals surface area contributed by atoms with Crippen molar-refractivity contribution in [3.63, 3.8) is 0 Å². The number of esters is 1. The molecule has 0 atom stereocenters. The zero-order valence-corrected chi connectivity index (χ0v) is 15.2. The maximum atomic E-state index is 12.0. The molecular weight excluding hydrogens is 380 g/mol. The summed E-state index contributed by atoms with van der Waals surface area (Å²) in [4.78, 5) is 23.4. The molecule has 0 radical (unpaired) electrons. The van der Waals surface area contributed by atoms with Gasteiger partial charge in [-0.05, 0) is 36.4 Å². The summed E-state index contributed by atoms with van der Waals surface area (Å²) < 4.78 is 31.0. The van der Waals surface area contributed by atoms with Crippen molar-refractivity contribution in [1.82, 2.24) is 4.72 Å². The molecule has 0 heterocycles. The Morgan fingerprint density at radius 2 is 1.65 bits per heavy atom. The fourth-order valence-electron chi connectivity index (χ4n) is 1.92. The summed E-state index contributed by atoms with van der Waals surface area (Å²) in [5, 5.41) is 3.07. The highest BCUT2D eigenvalue weighted by atomic mass is 35.5. The Morgan fingerprint density at radius 1 is 1.00 bits per heavy atom.